The smallest absolute Gasteiger partial charge is 0.278 e. The van der Waals surface area contributed by atoms with Gasteiger partial charge in [0.1, 0.15) is 4.47 Å². The molecule has 72 valence electrons. The lowest BCUT2D eigenvalue weighted by Gasteiger charge is -1.97. The molecule has 1 aromatic heterocycles. The van der Waals surface area contributed by atoms with Crippen molar-refractivity contribution in [1.82, 2.24) is 10.2 Å². The first-order valence-electron chi connectivity index (χ1n) is 3.90. The molecule has 0 fully saturated rings. The standard InChI is InChI=1S/C9H6BrClN2O/c10-7-8(12-13-9(7)14)5-1-3-6(11)4-2-5/h1-4H,(H2,12,13,14). The summed E-state index contributed by atoms with van der Waals surface area (Å²) in [5, 5.41) is 5.94. The SMILES string of the molecule is O=c1[nH][nH]c(-c2ccc(Cl)cc2)c1Br. The van der Waals surface area contributed by atoms with Crippen molar-refractivity contribution in [2.75, 3.05) is 0 Å². The summed E-state index contributed by atoms with van der Waals surface area (Å²) in [5.74, 6) is 0. The molecule has 0 unspecified atom stereocenters. The van der Waals surface area contributed by atoms with Gasteiger partial charge in [-0.25, -0.2) is 0 Å². The molecular weight excluding hydrogens is 267 g/mol. The number of aromatic nitrogens is 2. The number of hydrogen-bond acceptors (Lipinski definition) is 1. The van der Waals surface area contributed by atoms with Crippen LogP contribution in [0.3, 0.4) is 0 Å². The van der Waals surface area contributed by atoms with Crippen LogP contribution in [0.2, 0.25) is 5.02 Å². The molecule has 0 saturated carbocycles. The Bertz CT molecular complexity index is 500. The number of nitrogens with one attached hydrogen (secondary N) is 2. The molecule has 1 heterocycles. The molecule has 0 aliphatic carbocycles. The molecule has 0 bridgehead atoms. The topological polar surface area (TPSA) is 48.6 Å². The van der Waals surface area contributed by atoms with Crippen molar-refractivity contribution >= 4 is 27.5 Å². The number of hydrogen-bond donors (Lipinski definition) is 2. The lowest BCUT2D eigenvalue weighted by atomic mass is 10.2. The number of rotatable bonds is 1. The van der Waals surface area contributed by atoms with Gasteiger partial charge in [0.25, 0.3) is 5.56 Å². The van der Waals surface area contributed by atoms with Gasteiger partial charge in [-0.3, -0.25) is 15.0 Å². The van der Waals surface area contributed by atoms with Gasteiger partial charge in [0.05, 0.1) is 5.69 Å². The molecule has 2 rings (SSSR count). The summed E-state index contributed by atoms with van der Waals surface area (Å²) in [6, 6.07) is 7.22. The third-order valence-corrected chi connectivity index (χ3v) is 2.86. The molecule has 5 heteroatoms. The van der Waals surface area contributed by atoms with Crippen LogP contribution in [0.25, 0.3) is 11.3 Å². The average molecular weight is 274 g/mol. The van der Waals surface area contributed by atoms with Crippen LogP contribution in [0.1, 0.15) is 0 Å². The lowest BCUT2D eigenvalue weighted by Crippen LogP contribution is -1.97. The van der Waals surface area contributed by atoms with E-state index in [1.165, 1.54) is 0 Å². The molecule has 2 aromatic rings. The highest BCUT2D eigenvalue weighted by atomic mass is 79.9. The number of halogens is 2. The third kappa shape index (κ3) is 1.63. The van der Waals surface area contributed by atoms with E-state index in [-0.39, 0.29) is 5.56 Å². The minimum atomic E-state index is -0.171. The molecule has 0 amide bonds. The molecule has 2 N–H and O–H groups in total. The van der Waals surface area contributed by atoms with Gasteiger partial charge in [0.2, 0.25) is 0 Å². The Balaban J connectivity index is 2.55. The van der Waals surface area contributed by atoms with Crippen molar-refractivity contribution in [2.45, 2.75) is 0 Å². The van der Waals surface area contributed by atoms with Crippen LogP contribution in [0.5, 0.6) is 0 Å². The maximum Gasteiger partial charge on any atom is 0.278 e. The van der Waals surface area contributed by atoms with Gasteiger partial charge in [0, 0.05) is 10.6 Å². The van der Waals surface area contributed by atoms with E-state index in [0.717, 1.165) is 11.3 Å². The van der Waals surface area contributed by atoms with Gasteiger partial charge >= 0.3 is 0 Å². The van der Waals surface area contributed by atoms with Crippen LogP contribution in [-0.4, -0.2) is 10.2 Å². The van der Waals surface area contributed by atoms with Crippen LogP contribution < -0.4 is 5.56 Å². The van der Waals surface area contributed by atoms with Gasteiger partial charge in [-0.2, -0.15) is 0 Å². The number of benzene rings is 1. The molecule has 3 nitrogen and oxygen atoms in total. The molecular formula is C9H6BrClN2O. The van der Waals surface area contributed by atoms with Crippen molar-refractivity contribution < 1.29 is 0 Å². The maximum absolute atomic E-state index is 11.1. The second-order valence-electron chi connectivity index (χ2n) is 2.77. The molecule has 1 aromatic carbocycles. The summed E-state index contributed by atoms with van der Waals surface area (Å²) in [6.45, 7) is 0. The predicted molar refractivity (Wildman–Crippen MR) is 59.6 cm³/mol. The first kappa shape index (κ1) is 9.55. The fraction of sp³-hybridized carbons (Fsp3) is 0. The Labute approximate surface area is 93.2 Å². The maximum atomic E-state index is 11.1. The fourth-order valence-electron chi connectivity index (χ4n) is 1.16. The fourth-order valence-corrected chi connectivity index (χ4v) is 1.71. The van der Waals surface area contributed by atoms with Gasteiger partial charge < -0.3 is 0 Å². The summed E-state index contributed by atoms with van der Waals surface area (Å²) in [4.78, 5) is 11.1. The monoisotopic (exact) mass is 272 g/mol. The lowest BCUT2D eigenvalue weighted by molar-refractivity contribution is 1.06. The summed E-state index contributed by atoms with van der Waals surface area (Å²) >= 11 is 8.95. The summed E-state index contributed by atoms with van der Waals surface area (Å²) < 4.78 is 0.500. The van der Waals surface area contributed by atoms with Crippen LogP contribution >= 0.6 is 27.5 Å². The van der Waals surface area contributed by atoms with Crippen LogP contribution in [-0.2, 0) is 0 Å². The minimum absolute atomic E-state index is 0.171. The number of aromatic amines is 2. The largest absolute Gasteiger partial charge is 0.296 e. The van der Waals surface area contributed by atoms with E-state index in [1.54, 1.807) is 12.1 Å². The minimum Gasteiger partial charge on any atom is -0.296 e. The Morgan fingerprint density at radius 1 is 1.14 bits per heavy atom. The van der Waals surface area contributed by atoms with Crippen LogP contribution in [0.15, 0.2) is 33.5 Å². The first-order valence-corrected chi connectivity index (χ1v) is 5.07. The second-order valence-corrected chi connectivity index (χ2v) is 4.00. The van der Waals surface area contributed by atoms with Crippen molar-refractivity contribution in [3.05, 3.63) is 44.1 Å². The Morgan fingerprint density at radius 3 is 2.29 bits per heavy atom. The van der Waals surface area contributed by atoms with Crippen molar-refractivity contribution in [2.24, 2.45) is 0 Å². The molecule has 0 aliphatic rings. The second kappa shape index (κ2) is 3.63. The van der Waals surface area contributed by atoms with E-state index >= 15 is 0 Å². The zero-order chi connectivity index (χ0) is 10.1. The zero-order valence-electron chi connectivity index (χ0n) is 6.97. The number of H-pyrrole nitrogens is 2. The van der Waals surface area contributed by atoms with Crippen molar-refractivity contribution in [3.8, 4) is 11.3 Å². The normalized spacial score (nSPS) is 10.4. The van der Waals surface area contributed by atoms with Gasteiger partial charge in [-0.1, -0.05) is 23.7 Å². The Morgan fingerprint density at radius 2 is 1.79 bits per heavy atom. The van der Waals surface area contributed by atoms with Gasteiger partial charge in [-0.05, 0) is 28.1 Å². The Kier molecular flexibility index (Phi) is 2.48. The van der Waals surface area contributed by atoms with E-state index in [0.29, 0.717) is 9.50 Å². The van der Waals surface area contributed by atoms with E-state index < -0.39 is 0 Å². The molecule has 0 saturated heterocycles. The first-order chi connectivity index (χ1) is 6.68. The highest BCUT2D eigenvalue weighted by Gasteiger charge is 2.07. The van der Waals surface area contributed by atoms with E-state index in [2.05, 4.69) is 26.1 Å². The van der Waals surface area contributed by atoms with Gasteiger partial charge in [-0.15, -0.1) is 0 Å². The highest BCUT2D eigenvalue weighted by molar-refractivity contribution is 9.10. The summed E-state index contributed by atoms with van der Waals surface area (Å²) in [6.07, 6.45) is 0. The summed E-state index contributed by atoms with van der Waals surface area (Å²) in [7, 11) is 0. The molecule has 0 aliphatic heterocycles. The van der Waals surface area contributed by atoms with Crippen molar-refractivity contribution in [1.29, 1.82) is 0 Å². The molecule has 14 heavy (non-hydrogen) atoms. The average Bonchev–Trinajstić information content (AvgIpc) is 2.50. The Hall–Kier alpha value is -1.000. The van der Waals surface area contributed by atoms with Crippen molar-refractivity contribution in [3.63, 3.8) is 0 Å². The van der Waals surface area contributed by atoms with Crippen LogP contribution in [0, 0.1) is 0 Å². The molecule has 0 spiro atoms. The zero-order valence-corrected chi connectivity index (χ0v) is 9.32. The molecule has 0 atom stereocenters. The van der Waals surface area contributed by atoms with E-state index in [9.17, 15) is 4.79 Å². The summed E-state index contributed by atoms with van der Waals surface area (Å²) in [5.41, 5.74) is 1.46. The highest BCUT2D eigenvalue weighted by Crippen LogP contribution is 2.23. The predicted octanol–water partition coefficient (Wildman–Crippen LogP) is 2.79. The van der Waals surface area contributed by atoms with Gasteiger partial charge in [0.15, 0.2) is 0 Å². The van der Waals surface area contributed by atoms with E-state index in [1.807, 2.05) is 12.1 Å². The van der Waals surface area contributed by atoms with E-state index in [4.69, 9.17) is 11.6 Å². The molecule has 0 radical (unpaired) electrons. The third-order valence-electron chi connectivity index (χ3n) is 1.85. The quantitative estimate of drug-likeness (QED) is 0.825. The van der Waals surface area contributed by atoms with Crippen LogP contribution in [0.4, 0.5) is 0 Å².